The van der Waals surface area contributed by atoms with Crippen LogP contribution in [0, 0.1) is 0 Å². The maximum Gasteiger partial charge on any atom is 0.414 e. The molecule has 0 amide bonds. The Bertz CT molecular complexity index is 292. The van der Waals surface area contributed by atoms with E-state index in [1.54, 1.807) is 0 Å². The quantitative estimate of drug-likeness (QED) is 0.231. The molecule has 1 fully saturated rings. The van der Waals surface area contributed by atoms with Crippen molar-refractivity contribution in [2.45, 2.75) is 24.1 Å². The van der Waals surface area contributed by atoms with Crippen LogP contribution >= 0.6 is 0 Å². The molecule has 0 unspecified atom stereocenters. The molecule has 4 atom stereocenters. The van der Waals surface area contributed by atoms with Gasteiger partial charge in [0.1, 0.15) is 18.3 Å². The fourth-order valence-corrected chi connectivity index (χ4v) is 1.03. The van der Waals surface area contributed by atoms with Crippen LogP contribution in [0.5, 0.6) is 0 Å². The zero-order chi connectivity index (χ0) is 14.5. The summed E-state index contributed by atoms with van der Waals surface area (Å²) in [6, 6.07) is 0. The van der Waals surface area contributed by atoms with Gasteiger partial charge in [-0.1, -0.05) is 0 Å². The lowest BCUT2D eigenvalue weighted by molar-refractivity contribution is -0.331. The van der Waals surface area contributed by atoms with Crippen molar-refractivity contribution in [1.82, 2.24) is 0 Å². The predicted octanol–water partition coefficient (Wildman–Crippen LogP) is -4.06. The van der Waals surface area contributed by atoms with Crippen LogP contribution in [0.1, 0.15) is 0 Å². The number of rotatable bonds is 1. The van der Waals surface area contributed by atoms with Crippen LogP contribution in [-0.2, 0) is 14.3 Å². The van der Waals surface area contributed by atoms with Gasteiger partial charge < -0.3 is 40.5 Å². The zero-order valence-electron chi connectivity index (χ0n) is 9.00. The van der Waals surface area contributed by atoms with Crippen molar-refractivity contribution in [3.63, 3.8) is 0 Å². The summed E-state index contributed by atoms with van der Waals surface area (Å²) in [5, 5.41) is 59.8. The first-order valence-corrected chi connectivity index (χ1v) is 4.63. The van der Waals surface area contributed by atoms with Crippen LogP contribution in [0.15, 0.2) is 0 Å². The van der Waals surface area contributed by atoms with E-state index in [1.807, 2.05) is 0 Å². The van der Waals surface area contributed by atoms with Crippen LogP contribution in [0.3, 0.4) is 0 Å². The first-order valence-electron chi connectivity index (χ1n) is 4.63. The van der Waals surface area contributed by atoms with Gasteiger partial charge in [0, 0.05) is 0 Å². The topological polar surface area (TPSA) is 185 Å². The number of hydrogen-bond acceptors (Lipinski definition) is 8. The number of carboxylic acid groups (broad SMARTS) is 2. The van der Waals surface area contributed by atoms with E-state index in [0.29, 0.717) is 0 Å². The molecule has 1 heterocycles. The van der Waals surface area contributed by atoms with E-state index in [0.717, 1.165) is 0 Å². The van der Waals surface area contributed by atoms with Gasteiger partial charge in [-0.2, -0.15) is 0 Å². The largest absolute Gasteiger partial charge is 0.473 e. The number of hydrogen-bond donors (Lipinski definition) is 7. The standard InChI is InChI=1S/C6H12O6.C2H2O4/c7-2-6(11)5(10)4(9)3(8)1-12-6;3-1(4)2(5)6/h3-5,7-11H,1-2H2;(H,3,4)(H,5,6)/t3-,4-,5+,6-;/m1./s1. The second kappa shape index (κ2) is 6.58. The Morgan fingerprint density at radius 1 is 1.17 bits per heavy atom. The Hall–Kier alpha value is -1.30. The van der Waals surface area contributed by atoms with E-state index in [2.05, 4.69) is 4.74 Å². The predicted molar refractivity (Wildman–Crippen MR) is 51.3 cm³/mol. The summed E-state index contributed by atoms with van der Waals surface area (Å²) in [6.07, 6.45) is -4.45. The van der Waals surface area contributed by atoms with Crippen molar-refractivity contribution in [1.29, 1.82) is 0 Å². The highest BCUT2D eigenvalue weighted by molar-refractivity contribution is 6.27. The molecular weight excluding hydrogens is 256 g/mol. The summed E-state index contributed by atoms with van der Waals surface area (Å²) < 4.78 is 4.56. The van der Waals surface area contributed by atoms with E-state index in [4.69, 9.17) is 40.2 Å². The molecule has 18 heavy (non-hydrogen) atoms. The van der Waals surface area contributed by atoms with Crippen molar-refractivity contribution in [3.8, 4) is 0 Å². The van der Waals surface area contributed by atoms with Crippen LogP contribution in [-0.4, -0.2) is 85.0 Å². The Morgan fingerprint density at radius 3 is 1.94 bits per heavy atom. The lowest BCUT2D eigenvalue weighted by Crippen LogP contribution is -2.62. The monoisotopic (exact) mass is 270 g/mol. The molecule has 0 bridgehead atoms. The minimum absolute atomic E-state index is 0.324. The Morgan fingerprint density at radius 2 is 1.61 bits per heavy atom. The second-order valence-electron chi connectivity index (χ2n) is 3.43. The molecule has 1 saturated heterocycles. The van der Waals surface area contributed by atoms with Crippen molar-refractivity contribution >= 4 is 11.9 Å². The average molecular weight is 270 g/mol. The van der Waals surface area contributed by atoms with E-state index >= 15 is 0 Å². The van der Waals surface area contributed by atoms with Crippen molar-refractivity contribution in [3.05, 3.63) is 0 Å². The minimum atomic E-state index is -2.17. The maximum absolute atomic E-state index is 9.24. The normalized spacial score (nSPS) is 35.3. The molecule has 0 spiro atoms. The highest BCUT2D eigenvalue weighted by Gasteiger charge is 2.47. The highest BCUT2D eigenvalue weighted by atomic mass is 16.7. The summed E-state index contributed by atoms with van der Waals surface area (Å²) in [4.78, 5) is 18.2. The van der Waals surface area contributed by atoms with E-state index in [1.165, 1.54) is 0 Å². The van der Waals surface area contributed by atoms with Crippen LogP contribution in [0.2, 0.25) is 0 Å². The summed E-state index contributed by atoms with van der Waals surface area (Å²) in [5.74, 6) is -5.82. The van der Waals surface area contributed by atoms with Crippen molar-refractivity contribution in [2.75, 3.05) is 13.2 Å². The first-order chi connectivity index (χ1) is 8.15. The summed E-state index contributed by atoms with van der Waals surface area (Å²) >= 11 is 0. The van der Waals surface area contributed by atoms with Gasteiger partial charge in [-0.15, -0.1) is 0 Å². The number of carbonyl (C=O) groups is 2. The first kappa shape index (κ1) is 16.7. The zero-order valence-corrected chi connectivity index (χ0v) is 9.00. The smallest absolute Gasteiger partial charge is 0.414 e. The molecule has 0 aliphatic carbocycles. The van der Waals surface area contributed by atoms with Gasteiger partial charge in [-0.25, -0.2) is 9.59 Å². The molecule has 106 valence electrons. The fraction of sp³-hybridized carbons (Fsp3) is 0.750. The lowest BCUT2D eigenvalue weighted by Gasteiger charge is -2.40. The number of ether oxygens (including phenoxy) is 1. The molecule has 10 nitrogen and oxygen atoms in total. The van der Waals surface area contributed by atoms with Gasteiger partial charge in [0.2, 0.25) is 5.79 Å². The number of aliphatic hydroxyl groups excluding tert-OH is 4. The van der Waals surface area contributed by atoms with Crippen molar-refractivity contribution < 1.29 is 50.1 Å². The van der Waals surface area contributed by atoms with Gasteiger partial charge >= 0.3 is 11.9 Å². The van der Waals surface area contributed by atoms with Crippen LogP contribution < -0.4 is 0 Å². The molecule has 7 N–H and O–H groups in total. The lowest BCUT2D eigenvalue weighted by atomic mass is 9.98. The van der Waals surface area contributed by atoms with Gasteiger partial charge in [0.15, 0.2) is 0 Å². The van der Waals surface area contributed by atoms with Crippen molar-refractivity contribution in [2.24, 2.45) is 0 Å². The van der Waals surface area contributed by atoms with E-state index < -0.39 is 42.6 Å². The summed E-state index contributed by atoms with van der Waals surface area (Å²) in [6.45, 7) is -1.16. The molecule has 10 heteroatoms. The number of carboxylic acids is 2. The SMILES string of the molecule is O=C(O)C(=O)O.OC[C@@]1(O)OC[C@@H](O)[C@@H](O)[C@@H]1O. The number of aliphatic hydroxyl groups is 5. The third-order valence-electron chi connectivity index (χ3n) is 2.09. The highest BCUT2D eigenvalue weighted by Crippen LogP contribution is 2.22. The molecule has 1 aliphatic rings. The Balaban J connectivity index is 0.000000411. The van der Waals surface area contributed by atoms with E-state index in [-0.39, 0.29) is 6.61 Å². The molecule has 0 saturated carbocycles. The maximum atomic E-state index is 9.24. The molecule has 0 aromatic heterocycles. The number of aliphatic carboxylic acids is 2. The fourth-order valence-electron chi connectivity index (χ4n) is 1.03. The Kier molecular flexibility index (Phi) is 6.11. The van der Waals surface area contributed by atoms with Gasteiger partial charge in [-0.05, 0) is 0 Å². The second-order valence-corrected chi connectivity index (χ2v) is 3.43. The van der Waals surface area contributed by atoms with E-state index in [9.17, 15) is 5.11 Å². The van der Waals surface area contributed by atoms with Gasteiger partial charge in [-0.3, -0.25) is 0 Å². The molecule has 0 aromatic rings. The molecule has 0 aromatic carbocycles. The summed E-state index contributed by atoms with van der Waals surface area (Å²) in [5.41, 5.74) is 0. The molecular formula is C8H14O10. The molecule has 1 rings (SSSR count). The van der Waals surface area contributed by atoms with Crippen LogP contribution in [0.25, 0.3) is 0 Å². The summed E-state index contributed by atoms with van der Waals surface area (Å²) in [7, 11) is 0. The Labute approximate surface area is 100 Å². The average Bonchev–Trinajstić information content (AvgIpc) is 2.32. The molecule has 1 aliphatic heterocycles. The third kappa shape index (κ3) is 4.18. The molecule has 0 radical (unpaired) electrons. The van der Waals surface area contributed by atoms with Gasteiger partial charge in [0.05, 0.1) is 13.2 Å². The van der Waals surface area contributed by atoms with Crippen LogP contribution in [0.4, 0.5) is 0 Å². The minimum Gasteiger partial charge on any atom is -0.473 e. The van der Waals surface area contributed by atoms with Gasteiger partial charge in [0.25, 0.3) is 0 Å². The third-order valence-corrected chi connectivity index (χ3v) is 2.09.